The molecule has 1 aliphatic heterocycles. The van der Waals surface area contributed by atoms with Crippen molar-refractivity contribution >= 4 is 5.91 Å². The highest BCUT2D eigenvalue weighted by Gasteiger charge is 2.17. The van der Waals surface area contributed by atoms with Crippen LogP contribution in [0.4, 0.5) is 0 Å². The first-order valence-corrected chi connectivity index (χ1v) is 7.96. The zero-order valence-electron chi connectivity index (χ0n) is 12.3. The summed E-state index contributed by atoms with van der Waals surface area (Å²) in [5.41, 5.74) is 0. The summed E-state index contributed by atoms with van der Waals surface area (Å²) in [7, 11) is 0. The van der Waals surface area contributed by atoms with Gasteiger partial charge in [0.2, 0.25) is 5.91 Å². The summed E-state index contributed by atoms with van der Waals surface area (Å²) in [5, 5.41) is 2.98. The summed E-state index contributed by atoms with van der Waals surface area (Å²) >= 11 is 0. The van der Waals surface area contributed by atoms with Crippen molar-refractivity contribution in [2.24, 2.45) is 11.8 Å². The van der Waals surface area contributed by atoms with Crippen molar-refractivity contribution in [3.8, 4) is 0 Å². The summed E-state index contributed by atoms with van der Waals surface area (Å²) < 4.78 is 10.9. The number of rotatable bonds is 6. The molecule has 0 aromatic rings. The molecule has 4 nitrogen and oxygen atoms in total. The van der Waals surface area contributed by atoms with Crippen molar-refractivity contribution in [3.05, 3.63) is 12.2 Å². The van der Waals surface area contributed by atoms with Crippen LogP contribution in [0.2, 0.25) is 0 Å². The molecule has 0 bridgehead atoms. The molecule has 0 saturated carbocycles. The second-order valence-corrected chi connectivity index (χ2v) is 5.77. The van der Waals surface area contributed by atoms with Gasteiger partial charge >= 0.3 is 0 Å². The fourth-order valence-corrected chi connectivity index (χ4v) is 2.72. The van der Waals surface area contributed by atoms with Crippen molar-refractivity contribution in [2.45, 2.75) is 38.5 Å². The maximum absolute atomic E-state index is 12.0. The van der Waals surface area contributed by atoms with Gasteiger partial charge in [0.1, 0.15) is 0 Å². The van der Waals surface area contributed by atoms with Crippen molar-refractivity contribution < 1.29 is 14.3 Å². The molecule has 0 radical (unpaired) electrons. The summed E-state index contributed by atoms with van der Waals surface area (Å²) in [6.07, 6.45) is 11.0. The minimum Gasteiger partial charge on any atom is -0.381 e. The molecular formula is C16H27NO3. The van der Waals surface area contributed by atoms with E-state index < -0.39 is 0 Å². The summed E-state index contributed by atoms with van der Waals surface area (Å²) in [6.45, 7) is 3.63. The molecule has 1 saturated heterocycles. The Morgan fingerprint density at radius 3 is 3.10 bits per heavy atom. The van der Waals surface area contributed by atoms with Crippen molar-refractivity contribution in [2.75, 3.05) is 33.0 Å². The Labute approximate surface area is 121 Å². The Bertz CT molecular complexity index is 311. The zero-order valence-corrected chi connectivity index (χ0v) is 12.3. The van der Waals surface area contributed by atoms with Crippen LogP contribution in [0.5, 0.6) is 0 Å². The molecule has 4 heteroatoms. The van der Waals surface area contributed by atoms with Crippen LogP contribution in [0, 0.1) is 11.8 Å². The van der Waals surface area contributed by atoms with Crippen LogP contribution in [-0.4, -0.2) is 38.9 Å². The van der Waals surface area contributed by atoms with E-state index in [4.69, 9.17) is 9.47 Å². The van der Waals surface area contributed by atoms with Gasteiger partial charge < -0.3 is 14.8 Å². The quantitative estimate of drug-likeness (QED) is 0.600. The lowest BCUT2D eigenvalue weighted by molar-refractivity contribution is -0.124. The predicted molar refractivity (Wildman–Crippen MR) is 78.5 cm³/mol. The monoisotopic (exact) mass is 281 g/mol. The van der Waals surface area contributed by atoms with E-state index in [1.165, 1.54) is 12.8 Å². The molecule has 2 rings (SSSR count). The molecule has 0 aromatic heterocycles. The average molecular weight is 281 g/mol. The number of carbonyl (C=O) groups excluding carboxylic acids is 1. The first kappa shape index (κ1) is 15.5. The van der Waals surface area contributed by atoms with Crippen LogP contribution >= 0.6 is 0 Å². The van der Waals surface area contributed by atoms with E-state index in [-0.39, 0.29) is 11.8 Å². The first-order valence-electron chi connectivity index (χ1n) is 7.96. The summed E-state index contributed by atoms with van der Waals surface area (Å²) in [4.78, 5) is 12.0. The molecule has 1 heterocycles. The molecule has 2 aliphatic rings. The van der Waals surface area contributed by atoms with Gasteiger partial charge in [-0.3, -0.25) is 4.79 Å². The molecule has 1 fully saturated rings. The molecule has 1 N–H and O–H groups in total. The highest BCUT2D eigenvalue weighted by molar-refractivity contribution is 5.80. The molecular weight excluding hydrogens is 254 g/mol. The lowest BCUT2D eigenvalue weighted by Crippen LogP contribution is -2.33. The number of hydrogen-bond donors (Lipinski definition) is 1. The molecule has 2 unspecified atom stereocenters. The molecule has 2 atom stereocenters. The van der Waals surface area contributed by atoms with E-state index >= 15 is 0 Å². The summed E-state index contributed by atoms with van der Waals surface area (Å²) in [5.74, 6) is 0.744. The lowest BCUT2D eigenvalue weighted by atomic mass is 9.96. The average Bonchev–Trinajstić information content (AvgIpc) is 2.91. The molecule has 1 amide bonds. The van der Waals surface area contributed by atoms with Crippen LogP contribution < -0.4 is 5.32 Å². The minimum atomic E-state index is 0.0542. The Kier molecular flexibility index (Phi) is 7.09. The molecule has 0 spiro atoms. The maximum atomic E-state index is 12.0. The van der Waals surface area contributed by atoms with Gasteiger partial charge in [0.25, 0.3) is 0 Å². The van der Waals surface area contributed by atoms with Crippen LogP contribution in [0.15, 0.2) is 12.2 Å². The van der Waals surface area contributed by atoms with Gasteiger partial charge in [0.05, 0.1) is 25.7 Å². The number of ether oxygens (including phenoxy) is 2. The highest BCUT2D eigenvalue weighted by atomic mass is 16.5. The fourth-order valence-electron chi connectivity index (χ4n) is 2.72. The van der Waals surface area contributed by atoms with Crippen LogP contribution in [-0.2, 0) is 14.3 Å². The fraction of sp³-hybridized carbons (Fsp3) is 0.812. The number of nitrogens with one attached hydrogen (secondary N) is 1. The highest BCUT2D eigenvalue weighted by Crippen LogP contribution is 2.17. The maximum Gasteiger partial charge on any atom is 0.226 e. The SMILES string of the molecule is O=C(NCCOCC1CCOC1)C1C=CCCCCC1. The lowest BCUT2D eigenvalue weighted by Gasteiger charge is -2.15. The standard InChI is InChI=1S/C16H27NO3/c18-16(15-6-4-2-1-3-5-7-15)17-9-11-20-13-14-8-10-19-12-14/h4,6,14-15H,1-3,5,7-13H2,(H,17,18). The van der Waals surface area contributed by atoms with Gasteiger partial charge in [-0.05, 0) is 25.7 Å². The van der Waals surface area contributed by atoms with E-state index in [9.17, 15) is 4.79 Å². The van der Waals surface area contributed by atoms with Gasteiger partial charge in [-0.15, -0.1) is 0 Å². The van der Waals surface area contributed by atoms with Crippen molar-refractivity contribution in [1.29, 1.82) is 0 Å². The largest absolute Gasteiger partial charge is 0.381 e. The van der Waals surface area contributed by atoms with Gasteiger partial charge in [-0.1, -0.05) is 25.0 Å². The van der Waals surface area contributed by atoms with Crippen molar-refractivity contribution in [3.63, 3.8) is 0 Å². The van der Waals surface area contributed by atoms with Crippen LogP contribution in [0.1, 0.15) is 38.5 Å². The van der Waals surface area contributed by atoms with E-state index in [1.54, 1.807) is 0 Å². The first-order chi connectivity index (χ1) is 9.86. The number of amides is 1. The van der Waals surface area contributed by atoms with Gasteiger partial charge in [0, 0.05) is 19.1 Å². The Morgan fingerprint density at radius 1 is 1.30 bits per heavy atom. The van der Waals surface area contributed by atoms with E-state index in [1.807, 2.05) is 0 Å². The van der Waals surface area contributed by atoms with E-state index in [0.29, 0.717) is 19.1 Å². The van der Waals surface area contributed by atoms with Crippen molar-refractivity contribution in [1.82, 2.24) is 5.32 Å². The third-order valence-electron chi connectivity index (χ3n) is 4.01. The van der Waals surface area contributed by atoms with E-state index in [0.717, 1.165) is 45.5 Å². The Hall–Kier alpha value is -0.870. The second-order valence-electron chi connectivity index (χ2n) is 5.77. The van der Waals surface area contributed by atoms with Crippen LogP contribution in [0.25, 0.3) is 0 Å². The number of carbonyl (C=O) groups is 1. The Balaban J connectivity index is 1.55. The van der Waals surface area contributed by atoms with Gasteiger partial charge in [-0.25, -0.2) is 0 Å². The second kappa shape index (κ2) is 9.14. The van der Waals surface area contributed by atoms with E-state index in [2.05, 4.69) is 17.5 Å². The van der Waals surface area contributed by atoms with Crippen LogP contribution in [0.3, 0.4) is 0 Å². The minimum absolute atomic E-state index is 0.0542. The smallest absolute Gasteiger partial charge is 0.226 e. The molecule has 1 aliphatic carbocycles. The zero-order chi connectivity index (χ0) is 14.0. The third-order valence-corrected chi connectivity index (χ3v) is 4.01. The Morgan fingerprint density at radius 2 is 2.25 bits per heavy atom. The topological polar surface area (TPSA) is 47.6 Å². The molecule has 20 heavy (non-hydrogen) atoms. The predicted octanol–water partition coefficient (Wildman–Crippen LogP) is 2.29. The summed E-state index contributed by atoms with van der Waals surface area (Å²) in [6, 6.07) is 0. The van der Waals surface area contributed by atoms with Gasteiger partial charge in [0.15, 0.2) is 0 Å². The normalized spacial score (nSPS) is 27.0. The van der Waals surface area contributed by atoms with Gasteiger partial charge in [-0.2, -0.15) is 0 Å². The molecule has 114 valence electrons. The number of hydrogen-bond acceptors (Lipinski definition) is 3. The third kappa shape index (κ3) is 5.63. The molecule has 0 aromatic carbocycles. The number of allylic oxidation sites excluding steroid dienone is 1.